The Morgan fingerprint density at radius 2 is 1.32 bits per heavy atom. The van der Waals surface area contributed by atoms with E-state index in [1.54, 1.807) is 0 Å². The molecule has 0 fully saturated rings. The van der Waals surface area contributed by atoms with Crippen LogP contribution in [-0.2, 0) is 13.0 Å². The van der Waals surface area contributed by atoms with Crippen LogP contribution in [0.5, 0.6) is 0 Å². The number of nitrogens with zero attached hydrogens (tertiary/aromatic N) is 1. The summed E-state index contributed by atoms with van der Waals surface area (Å²) in [6.45, 7) is 5.75. The monoisotopic (exact) mass is 304 g/mol. The van der Waals surface area contributed by atoms with E-state index in [0.717, 1.165) is 0 Å². The van der Waals surface area contributed by atoms with Crippen LogP contribution >= 0.6 is 0 Å². The van der Waals surface area contributed by atoms with E-state index in [4.69, 9.17) is 0 Å². The zero-order valence-corrected chi connectivity index (χ0v) is 15.2. The second-order valence-corrected chi connectivity index (χ2v) is 6.74. The highest BCUT2D eigenvalue weighted by Gasteiger charge is 2.02. The molecule has 0 bridgehead atoms. The molecule has 0 aliphatic heterocycles. The normalized spacial score (nSPS) is 11.0. The molecule has 0 aromatic carbocycles. The second kappa shape index (κ2) is 13.8. The van der Waals surface area contributed by atoms with Crippen molar-refractivity contribution in [2.75, 3.05) is 0 Å². The summed E-state index contributed by atoms with van der Waals surface area (Å²) >= 11 is 0. The largest absolute Gasteiger partial charge is 0.205 e. The Bertz CT molecular complexity index is 359. The van der Waals surface area contributed by atoms with Crippen molar-refractivity contribution in [2.24, 2.45) is 0 Å². The maximum atomic E-state index is 2.39. The van der Waals surface area contributed by atoms with Crippen molar-refractivity contribution >= 4 is 0 Å². The van der Waals surface area contributed by atoms with Crippen molar-refractivity contribution in [1.29, 1.82) is 0 Å². The van der Waals surface area contributed by atoms with Crippen LogP contribution in [0.15, 0.2) is 24.5 Å². The molecular formula is C21H38N+. The Morgan fingerprint density at radius 1 is 0.727 bits per heavy atom. The topological polar surface area (TPSA) is 3.88 Å². The van der Waals surface area contributed by atoms with Crippen LogP contribution in [0.1, 0.15) is 96.5 Å². The molecule has 1 heteroatoms. The van der Waals surface area contributed by atoms with Gasteiger partial charge in [0.15, 0.2) is 12.4 Å². The zero-order valence-electron chi connectivity index (χ0n) is 15.2. The second-order valence-electron chi connectivity index (χ2n) is 6.74. The number of unbranched alkanes of at least 4 members (excludes halogenated alkanes) is 10. The van der Waals surface area contributed by atoms with E-state index >= 15 is 0 Å². The molecule has 0 aliphatic carbocycles. The lowest BCUT2D eigenvalue weighted by Crippen LogP contribution is -2.33. The lowest BCUT2D eigenvalue weighted by atomic mass is 10.1. The average Bonchev–Trinajstić information content (AvgIpc) is 2.54. The van der Waals surface area contributed by atoms with Gasteiger partial charge in [-0.1, -0.05) is 71.6 Å². The Hall–Kier alpha value is -0.850. The number of pyridine rings is 1. The third-order valence-electron chi connectivity index (χ3n) is 4.51. The fourth-order valence-corrected chi connectivity index (χ4v) is 3.05. The molecule has 0 N–H and O–H groups in total. The number of rotatable bonds is 14. The molecule has 0 saturated carbocycles. The van der Waals surface area contributed by atoms with Gasteiger partial charge in [0.05, 0.1) is 0 Å². The lowest BCUT2D eigenvalue weighted by molar-refractivity contribution is -0.697. The van der Waals surface area contributed by atoms with Crippen LogP contribution in [-0.4, -0.2) is 0 Å². The van der Waals surface area contributed by atoms with Gasteiger partial charge in [0.1, 0.15) is 6.54 Å². The summed E-state index contributed by atoms with van der Waals surface area (Å²) in [4.78, 5) is 0. The first-order valence-electron chi connectivity index (χ1n) is 9.84. The van der Waals surface area contributed by atoms with Crippen molar-refractivity contribution in [2.45, 2.75) is 104 Å². The molecule has 0 atom stereocenters. The van der Waals surface area contributed by atoms with Crippen LogP contribution in [0.25, 0.3) is 0 Å². The molecule has 1 nitrogen and oxygen atoms in total. The van der Waals surface area contributed by atoms with E-state index in [-0.39, 0.29) is 0 Å². The summed E-state index contributed by atoms with van der Waals surface area (Å²) < 4.78 is 2.39. The first-order valence-corrected chi connectivity index (χ1v) is 9.84. The molecule has 0 spiro atoms. The predicted molar refractivity (Wildman–Crippen MR) is 97.1 cm³/mol. The van der Waals surface area contributed by atoms with E-state index in [9.17, 15) is 0 Å². The highest BCUT2D eigenvalue weighted by atomic mass is 14.9. The molecule has 0 unspecified atom stereocenters. The van der Waals surface area contributed by atoms with Gasteiger partial charge in [-0.05, 0) is 25.3 Å². The molecule has 0 amide bonds. The molecule has 0 aliphatic rings. The number of aromatic nitrogens is 1. The van der Waals surface area contributed by atoms with Crippen LogP contribution in [0.2, 0.25) is 0 Å². The van der Waals surface area contributed by atoms with Crippen molar-refractivity contribution in [1.82, 2.24) is 0 Å². The molecule has 126 valence electrons. The van der Waals surface area contributed by atoms with Crippen LogP contribution in [0, 0.1) is 0 Å². The molecule has 1 heterocycles. The summed E-state index contributed by atoms with van der Waals surface area (Å²) in [6.07, 6.45) is 22.5. The molecule has 0 radical (unpaired) electrons. The number of aryl methyl sites for hydroxylation is 2. The molecule has 0 saturated heterocycles. The van der Waals surface area contributed by atoms with Gasteiger partial charge in [0.2, 0.25) is 0 Å². The Labute approximate surface area is 139 Å². The summed E-state index contributed by atoms with van der Waals surface area (Å²) in [5.41, 5.74) is 1.51. The fourth-order valence-electron chi connectivity index (χ4n) is 3.05. The highest BCUT2D eigenvalue weighted by Crippen LogP contribution is 2.09. The van der Waals surface area contributed by atoms with Crippen molar-refractivity contribution in [3.05, 3.63) is 30.1 Å². The summed E-state index contributed by atoms with van der Waals surface area (Å²) in [5, 5.41) is 0. The van der Waals surface area contributed by atoms with Gasteiger partial charge < -0.3 is 0 Å². The first-order chi connectivity index (χ1) is 10.9. The van der Waals surface area contributed by atoms with Gasteiger partial charge in [-0.25, -0.2) is 4.57 Å². The van der Waals surface area contributed by atoms with E-state index < -0.39 is 0 Å². The van der Waals surface area contributed by atoms with Gasteiger partial charge in [-0.2, -0.15) is 0 Å². The molecule has 1 rings (SSSR count). The quantitative estimate of drug-likeness (QED) is 0.283. The number of hydrogen-bond donors (Lipinski definition) is 0. The molecular weight excluding hydrogens is 266 g/mol. The molecule has 1 aromatic heterocycles. The van der Waals surface area contributed by atoms with Crippen molar-refractivity contribution in [3.63, 3.8) is 0 Å². The smallest absolute Gasteiger partial charge is 0.171 e. The van der Waals surface area contributed by atoms with E-state index in [1.807, 2.05) is 0 Å². The lowest BCUT2D eigenvalue weighted by Gasteiger charge is -2.02. The maximum absolute atomic E-state index is 2.39. The Kier molecular flexibility index (Phi) is 12.0. The summed E-state index contributed by atoms with van der Waals surface area (Å²) in [5.74, 6) is 0. The first kappa shape index (κ1) is 19.2. The van der Waals surface area contributed by atoms with Gasteiger partial charge in [0.25, 0.3) is 0 Å². The van der Waals surface area contributed by atoms with Gasteiger partial charge in [-0.3, -0.25) is 0 Å². The summed E-state index contributed by atoms with van der Waals surface area (Å²) in [7, 11) is 0. The minimum atomic E-state index is 1.19. The molecule has 1 aromatic rings. The van der Waals surface area contributed by atoms with Gasteiger partial charge in [-0.15, -0.1) is 0 Å². The third kappa shape index (κ3) is 9.97. The Morgan fingerprint density at radius 3 is 2.00 bits per heavy atom. The van der Waals surface area contributed by atoms with Crippen LogP contribution in [0.3, 0.4) is 0 Å². The summed E-state index contributed by atoms with van der Waals surface area (Å²) in [6, 6.07) is 4.50. The Balaban J connectivity index is 2.05. The maximum Gasteiger partial charge on any atom is 0.171 e. The van der Waals surface area contributed by atoms with Crippen LogP contribution < -0.4 is 4.57 Å². The van der Waals surface area contributed by atoms with E-state index in [2.05, 4.69) is 42.9 Å². The van der Waals surface area contributed by atoms with Gasteiger partial charge >= 0.3 is 0 Å². The standard InChI is InChI=1S/C21H38N/c1-3-5-7-8-9-10-11-12-14-18-22-19-15-17-21(20-22)16-13-6-4-2/h15,17,19-20H,3-14,16,18H2,1-2H3/q+1. The zero-order chi connectivity index (χ0) is 15.9. The van der Waals surface area contributed by atoms with Crippen molar-refractivity contribution < 1.29 is 4.57 Å². The fraction of sp³-hybridized carbons (Fsp3) is 0.762. The minimum Gasteiger partial charge on any atom is -0.205 e. The van der Waals surface area contributed by atoms with Crippen molar-refractivity contribution in [3.8, 4) is 0 Å². The SMILES string of the molecule is CCCCCCCCCCC[n+]1cccc(CCCCC)c1. The predicted octanol–water partition coefficient (Wildman–Crippen LogP) is 6.24. The van der Waals surface area contributed by atoms with E-state index in [0.29, 0.717) is 0 Å². The van der Waals surface area contributed by atoms with E-state index in [1.165, 1.54) is 95.6 Å². The highest BCUT2D eigenvalue weighted by molar-refractivity contribution is 5.05. The molecule has 22 heavy (non-hydrogen) atoms. The number of hydrogen-bond acceptors (Lipinski definition) is 0. The average molecular weight is 305 g/mol. The van der Waals surface area contributed by atoms with Crippen LogP contribution in [0.4, 0.5) is 0 Å². The third-order valence-corrected chi connectivity index (χ3v) is 4.51. The van der Waals surface area contributed by atoms with Gasteiger partial charge in [0, 0.05) is 18.1 Å². The minimum absolute atomic E-state index is 1.19.